The zero-order chi connectivity index (χ0) is 14.0. The first-order chi connectivity index (χ1) is 8.47. The van der Waals surface area contributed by atoms with Crippen molar-refractivity contribution in [3.8, 4) is 0 Å². The molecule has 0 aliphatic heterocycles. The monoisotopic (exact) mass is 257 g/mol. The lowest BCUT2D eigenvalue weighted by Gasteiger charge is -2.13. The summed E-state index contributed by atoms with van der Waals surface area (Å²) in [5.74, 6) is -1.16. The van der Waals surface area contributed by atoms with Crippen LogP contribution in [0.5, 0.6) is 0 Å². The Kier molecular flexibility index (Phi) is 9.33. The third-order valence-corrected chi connectivity index (χ3v) is 2.60. The predicted octanol–water partition coefficient (Wildman–Crippen LogP) is 2.66. The van der Waals surface area contributed by atoms with Crippen LogP contribution in [-0.4, -0.2) is 24.5 Å². The Bertz CT molecular complexity index is 251. The number of carbonyl (C=O) groups excluding carboxylic acids is 2. The van der Waals surface area contributed by atoms with Crippen LogP contribution >= 0.6 is 0 Å². The minimum absolute atomic E-state index is 0.0287. The van der Waals surface area contributed by atoms with E-state index in [0.29, 0.717) is 0 Å². The molecule has 1 unspecified atom stereocenters. The van der Waals surface area contributed by atoms with Gasteiger partial charge in [-0.2, -0.15) is 0 Å². The van der Waals surface area contributed by atoms with Gasteiger partial charge in [-0.1, -0.05) is 46.5 Å². The Labute approximate surface area is 110 Å². The Morgan fingerprint density at radius 1 is 1.11 bits per heavy atom. The number of esters is 1. The average Bonchev–Trinajstić information content (AvgIpc) is 2.31. The molecular formula is C14H27NO3. The van der Waals surface area contributed by atoms with Gasteiger partial charge in [0.1, 0.15) is 0 Å². The van der Waals surface area contributed by atoms with E-state index in [4.69, 9.17) is 4.74 Å². The van der Waals surface area contributed by atoms with Gasteiger partial charge in [-0.05, 0) is 19.3 Å². The lowest BCUT2D eigenvalue weighted by molar-refractivity contribution is -0.156. The van der Waals surface area contributed by atoms with Gasteiger partial charge >= 0.3 is 11.9 Å². The second-order valence-corrected chi connectivity index (χ2v) is 5.22. The lowest BCUT2D eigenvalue weighted by atomic mass is 10.1. The number of nitrogens with one attached hydrogen (secondary N) is 1. The normalized spacial score (nSPS) is 12.3. The van der Waals surface area contributed by atoms with Crippen LogP contribution < -0.4 is 5.32 Å². The van der Waals surface area contributed by atoms with Gasteiger partial charge < -0.3 is 10.1 Å². The number of amides is 1. The third kappa shape index (κ3) is 9.02. The third-order valence-electron chi connectivity index (χ3n) is 2.60. The molecule has 0 aromatic heterocycles. The minimum Gasteiger partial charge on any atom is -0.458 e. The van der Waals surface area contributed by atoms with Crippen LogP contribution in [0.4, 0.5) is 0 Å². The lowest BCUT2D eigenvalue weighted by Crippen LogP contribution is -2.38. The van der Waals surface area contributed by atoms with Crippen molar-refractivity contribution >= 4 is 11.9 Å². The maximum atomic E-state index is 11.5. The zero-order valence-electron chi connectivity index (χ0n) is 12.1. The molecule has 0 rings (SSSR count). The molecule has 0 aliphatic rings. The van der Waals surface area contributed by atoms with Crippen molar-refractivity contribution in [1.29, 1.82) is 0 Å². The molecule has 4 heteroatoms. The summed E-state index contributed by atoms with van der Waals surface area (Å²) < 4.78 is 4.86. The minimum atomic E-state index is -0.774. The Morgan fingerprint density at radius 3 is 2.33 bits per heavy atom. The smallest absolute Gasteiger partial charge is 0.396 e. The fraction of sp³-hybridized carbons (Fsp3) is 0.857. The molecule has 0 aromatic rings. The van der Waals surface area contributed by atoms with E-state index in [0.717, 1.165) is 12.8 Å². The van der Waals surface area contributed by atoms with Crippen molar-refractivity contribution in [1.82, 2.24) is 5.32 Å². The Morgan fingerprint density at radius 2 is 1.78 bits per heavy atom. The molecule has 0 radical (unpaired) electrons. The van der Waals surface area contributed by atoms with Gasteiger partial charge in [-0.3, -0.25) is 4.79 Å². The standard InChI is InChI=1S/C14H27NO3/c1-5-6-7-8-9-12(4)15-13(16)14(17)18-10-11(2)3/h11-12H,5-10H2,1-4H3,(H,15,16). The molecule has 0 aromatic carbocycles. The van der Waals surface area contributed by atoms with Crippen LogP contribution in [0, 0.1) is 5.92 Å². The molecule has 0 saturated heterocycles. The Hall–Kier alpha value is -1.06. The van der Waals surface area contributed by atoms with Crippen molar-refractivity contribution in [2.75, 3.05) is 6.61 Å². The number of rotatable bonds is 8. The Balaban J connectivity index is 3.74. The maximum absolute atomic E-state index is 11.5. The molecule has 1 atom stereocenters. The molecule has 106 valence electrons. The average molecular weight is 257 g/mol. The first kappa shape index (κ1) is 16.9. The van der Waals surface area contributed by atoms with Crippen molar-refractivity contribution in [2.45, 2.75) is 65.8 Å². The van der Waals surface area contributed by atoms with Gasteiger partial charge in [-0.25, -0.2) is 4.79 Å². The molecule has 0 heterocycles. The van der Waals surface area contributed by atoms with E-state index in [1.54, 1.807) is 0 Å². The zero-order valence-corrected chi connectivity index (χ0v) is 12.1. The topological polar surface area (TPSA) is 55.4 Å². The molecule has 0 bridgehead atoms. The fourth-order valence-corrected chi connectivity index (χ4v) is 1.54. The number of hydrogen-bond donors (Lipinski definition) is 1. The highest BCUT2D eigenvalue weighted by Gasteiger charge is 2.17. The number of ether oxygens (including phenoxy) is 1. The SMILES string of the molecule is CCCCCCC(C)NC(=O)C(=O)OCC(C)C. The number of unbranched alkanes of at least 4 members (excludes halogenated alkanes) is 3. The van der Waals surface area contributed by atoms with E-state index >= 15 is 0 Å². The molecule has 0 spiro atoms. The summed E-state index contributed by atoms with van der Waals surface area (Å²) in [6.45, 7) is 8.23. The molecular weight excluding hydrogens is 230 g/mol. The first-order valence-electron chi connectivity index (χ1n) is 6.95. The van der Waals surface area contributed by atoms with Gasteiger partial charge in [-0.15, -0.1) is 0 Å². The van der Waals surface area contributed by atoms with Crippen LogP contribution in [0.2, 0.25) is 0 Å². The summed E-state index contributed by atoms with van der Waals surface area (Å²) in [7, 11) is 0. The van der Waals surface area contributed by atoms with Crippen molar-refractivity contribution in [2.24, 2.45) is 5.92 Å². The highest BCUT2D eigenvalue weighted by Crippen LogP contribution is 2.05. The molecule has 4 nitrogen and oxygen atoms in total. The largest absolute Gasteiger partial charge is 0.458 e. The van der Waals surface area contributed by atoms with E-state index < -0.39 is 11.9 Å². The van der Waals surface area contributed by atoms with Gasteiger partial charge in [0, 0.05) is 6.04 Å². The van der Waals surface area contributed by atoms with Crippen LogP contribution in [-0.2, 0) is 14.3 Å². The molecule has 1 amide bonds. The summed E-state index contributed by atoms with van der Waals surface area (Å²) in [6, 6.07) is 0.0287. The van der Waals surface area contributed by atoms with Crippen LogP contribution in [0.25, 0.3) is 0 Å². The van der Waals surface area contributed by atoms with E-state index in [9.17, 15) is 9.59 Å². The van der Waals surface area contributed by atoms with Crippen molar-refractivity contribution in [3.63, 3.8) is 0 Å². The van der Waals surface area contributed by atoms with Crippen molar-refractivity contribution < 1.29 is 14.3 Å². The van der Waals surface area contributed by atoms with E-state index in [1.807, 2.05) is 20.8 Å². The molecule has 0 saturated carbocycles. The van der Waals surface area contributed by atoms with Crippen LogP contribution in [0.3, 0.4) is 0 Å². The maximum Gasteiger partial charge on any atom is 0.396 e. The van der Waals surface area contributed by atoms with E-state index in [2.05, 4.69) is 12.2 Å². The molecule has 0 fully saturated rings. The summed E-state index contributed by atoms with van der Waals surface area (Å²) in [4.78, 5) is 22.8. The number of hydrogen-bond acceptors (Lipinski definition) is 3. The summed E-state index contributed by atoms with van der Waals surface area (Å²) in [5.41, 5.74) is 0. The van der Waals surface area contributed by atoms with E-state index in [-0.39, 0.29) is 18.6 Å². The molecule has 1 N–H and O–H groups in total. The van der Waals surface area contributed by atoms with Gasteiger partial charge in [0.15, 0.2) is 0 Å². The highest BCUT2D eigenvalue weighted by atomic mass is 16.5. The quantitative estimate of drug-likeness (QED) is 0.413. The first-order valence-corrected chi connectivity index (χ1v) is 6.95. The summed E-state index contributed by atoms with van der Waals surface area (Å²) in [6.07, 6.45) is 5.58. The summed E-state index contributed by atoms with van der Waals surface area (Å²) >= 11 is 0. The van der Waals surface area contributed by atoms with Crippen LogP contribution in [0.15, 0.2) is 0 Å². The van der Waals surface area contributed by atoms with Crippen molar-refractivity contribution in [3.05, 3.63) is 0 Å². The predicted molar refractivity (Wildman–Crippen MR) is 72.2 cm³/mol. The second kappa shape index (κ2) is 9.92. The molecule has 18 heavy (non-hydrogen) atoms. The van der Waals surface area contributed by atoms with Gasteiger partial charge in [0.25, 0.3) is 0 Å². The summed E-state index contributed by atoms with van der Waals surface area (Å²) in [5, 5.41) is 2.67. The molecule has 0 aliphatic carbocycles. The number of carbonyl (C=O) groups is 2. The second-order valence-electron chi connectivity index (χ2n) is 5.22. The van der Waals surface area contributed by atoms with E-state index in [1.165, 1.54) is 19.3 Å². The van der Waals surface area contributed by atoms with Gasteiger partial charge in [0.05, 0.1) is 6.61 Å². The fourth-order valence-electron chi connectivity index (χ4n) is 1.54. The highest BCUT2D eigenvalue weighted by molar-refractivity contribution is 6.32. The van der Waals surface area contributed by atoms with Crippen LogP contribution in [0.1, 0.15) is 59.8 Å². The van der Waals surface area contributed by atoms with Gasteiger partial charge in [0.2, 0.25) is 0 Å².